The molecule has 0 saturated heterocycles. The van der Waals surface area contributed by atoms with Gasteiger partial charge in [-0.1, -0.05) is 13.0 Å². The highest BCUT2D eigenvalue weighted by atomic mass is 16.5. The average Bonchev–Trinajstić information content (AvgIpc) is 2.47. The highest BCUT2D eigenvalue weighted by molar-refractivity contribution is 5.87. The lowest BCUT2D eigenvalue weighted by Gasteiger charge is -2.27. The second-order valence-corrected chi connectivity index (χ2v) is 4.84. The molecule has 1 unspecified atom stereocenters. The van der Waals surface area contributed by atoms with Gasteiger partial charge in [0, 0.05) is 16.6 Å². The predicted octanol–water partition coefficient (Wildman–Crippen LogP) is 1.58. The van der Waals surface area contributed by atoms with Gasteiger partial charge in [0.2, 0.25) is 0 Å². The number of aromatic amines is 1. The molecule has 20 heavy (non-hydrogen) atoms. The van der Waals surface area contributed by atoms with Crippen LogP contribution in [0.5, 0.6) is 0 Å². The van der Waals surface area contributed by atoms with Crippen molar-refractivity contribution in [1.82, 2.24) is 10.3 Å². The molecule has 2 aromatic rings. The second kappa shape index (κ2) is 5.08. The zero-order valence-corrected chi connectivity index (χ0v) is 11.2. The molecule has 1 aliphatic rings. The first-order valence-corrected chi connectivity index (χ1v) is 6.64. The van der Waals surface area contributed by atoms with E-state index >= 15 is 0 Å². The minimum atomic E-state index is -0.170. The summed E-state index contributed by atoms with van der Waals surface area (Å²) in [5, 5.41) is 13.8. The van der Waals surface area contributed by atoms with Crippen molar-refractivity contribution < 1.29 is 4.74 Å². The number of fused-ring (bicyclic) bond motifs is 3. The van der Waals surface area contributed by atoms with Crippen molar-refractivity contribution >= 4 is 10.8 Å². The molecular formula is C15H15N3O2. The van der Waals surface area contributed by atoms with Gasteiger partial charge >= 0.3 is 0 Å². The number of rotatable bonds is 2. The van der Waals surface area contributed by atoms with Crippen LogP contribution in [0, 0.1) is 11.3 Å². The number of hydrogen-bond donors (Lipinski definition) is 2. The second-order valence-electron chi connectivity index (χ2n) is 4.84. The number of aromatic nitrogens is 1. The summed E-state index contributed by atoms with van der Waals surface area (Å²) >= 11 is 0. The van der Waals surface area contributed by atoms with Crippen molar-refractivity contribution in [3.8, 4) is 6.07 Å². The molecule has 0 bridgehead atoms. The molecule has 1 aromatic carbocycles. The topological polar surface area (TPSA) is 77.9 Å². The molecule has 0 radical (unpaired) electrons. The number of pyridine rings is 1. The van der Waals surface area contributed by atoms with Crippen LogP contribution in [-0.4, -0.2) is 18.1 Å². The van der Waals surface area contributed by atoms with Gasteiger partial charge in [0.1, 0.15) is 0 Å². The molecule has 0 fully saturated rings. The van der Waals surface area contributed by atoms with Crippen LogP contribution in [-0.2, 0) is 11.3 Å². The molecular weight excluding hydrogens is 254 g/mol. The van der Waals surface area contributed by atoms with E-state index in [1.54, 1.807) is 12.1 Å². The Morgan fingerprint density at radius 3 is 3.10 bits per heavy atom. The van der Waals surface area contributed by atoms with Crippen LogP contribution in [0.25, 0.3) is 10.8 Å². The third kappa shape index (κ3) is 1.99. The maximum absolute atomic E-state index is 12.1. The number of H-pyrrole nitrogens is 1. The van der Waals surface area contributed by atoms with Gasteiger partial charge in [0.25, 0.3) is 5.56 Å². The molecule has 3 rings (SSSR count). The Balaban J connectivity index is 2.30. The minimum Gasteiger partial charge on any atom is -0.373 e. The van der Waals surface area contributed by atoms with E-state index in [0.29, 0.717) is 24.2 Å². The van der Waals surface area contributed by atoms with Crippen LogP contribution in [0.2, 0.25) is 0 Å². The first kappa shape index (κ1) is 12.9. The Bertz CT molecular complexity index is 758. The highest BCUT2D eigenvalue weighted by Gasteiger charge is 2.24. The fourth-order valence-corrected chi connectivity index (χ4v) is 2.75. The number of nitriles is 1. The van der Waals surface area contributed by atoms with Crippen molar-refractivity contribution in [2.75, 3.05) is 13.2 Å². The third-order valence-electron chi connectivity index (χ3n) is 3.60. The quantitative estimate of drug-likeness (QED) is 0.867. The molecule has 0 spiro atoms. The zero-order valence-electron chi connectivity index (χ0n) is 11.2. The number of benzene rings is 1. The van der Waals surface area contributed by atoms with E-state index in [-0.39, 0.29) is 11.6 Å². The SMILES string of the molecule is CCNC1COCc2[nH]c(=O)c3cc(C#N)ccc3c21. The van der Waals surface area contributed by atoms with Crippen LogP contribution < -0.4 is 10.9 Å². The maximum atomic E-state index is 12.1. The third-order valence-corrected chi connectivity index (χ3v) is 3.60. The van der Waals surface area contributed by atoms with Crippen LogP contribution in [0.15, 0.2) is 23.0 Å². The Morgan fingerprint density at radius 2 is 2.35 bits per heavy atom. The van der Waals surface area contributed by atoms with Gasteiger partial charge in [0.05, 0.1) is 30.9 Å². The molecule has 0 saturated carbocycles. The molecule has 1 atom stereocenters. The highest BCUT2D eigenvalue weighted by Crippen LogP contribution is 2.29. The standard InChI is InChI=1S/C15H15N3O2/c1-2-17-12-7-20-8-13-14(12)10-4-3-9(6-16)5-11(10)15(19)18-13/h3-5,12,17H,2,7-8H2,1H3,(H,18,19). The molecule has 0 amide bonds. The minimum absolute atomic E-state index is 0.0658. The van der Waals surface area contributed by atoms with Gasteiger partial charge in [-0.15, -0.1) is 0 Å². The maximum Gasteiger partial charge on any atom is 0.256 e. The molecule has 5 heteroatoms. The number of hydrogen-bond acceptors (Lipinski definition) is 4. The van der Waals surface area contributed by atoms with Gasteiger partial charge in [-0.05, 0) is 24.1 Å². The number of nitrogens with one attached hydrogen (secondary N) is 2. The van der Waals surface area contributed by atoms with E-state index in [9.17, 15) is 4.79 Å². The zero-order chi connectivity index (χ0) is 14.1. The summed E-state index contributed by atoms with van der Waals surface area (Å²) < 4.78 is 5.52. The van der Waals surface area contributed by atoms with Crippen molar-refractivity contribution in [1.29, 1.82) is 5.26 Å². The summed E-state index contributed by atoms with van der Waals surface area (Å²) in [6.07, 6.45) is 0. The van der Waals surface area contributed by atoms with Crippen molar-refractivity contribution in [3.05, 3.63) is 45.4 Å². The largest absolute Gasteiger partial charge is 0.373 e. The lowest BCUT2D eigenvalue weighted by molar-refractivity contribution is 0.0802. The summed E-state index contributed by atoms with van der Waals surface area (Å²) in [7, 11) is 0. The van der Waals surface area contributed by atoms with Gasteiger partial charge in [-0.3, -0.25) is 4.79 Å². The van der Waals surface area contributed by atoms with Crippen LogP contribution >= 0.6 is 0 Å². The van der Waals surface area contributed by atoms with Crippen LogP contribution in [0.4, 0.5) is 0 Å². The van der Waals surface area contributed by atoms with E-state index in [0.717, 1.165) is 23.2 Å². The van der Waals surface area contributed by atoms with Crippen molar-refractivity contribution in [3.63, 3.8) is 0 Å². The normalized spacial score (nSPS) is 17.7. The van der Waals surface area contributed by atoms with Gasteiger partial charge in [-0.2, -0.15) is 5.26 Å². The van der Waals surface area contributed by atoms with Gasteiger partial charge < -0.3 is 15.0 Å². The molecule has 1 aromatic heterocycles. The Hall–Kier alpha value is -2.16. The number of ether oxygens (including phenoxy) is 1. The van der Waals surface area contributed by atoms with E-state index in [4.69, 9.17) is 10.00 Å². The van der Waals surface area contributed by atoms with Crippen LogP contribution in [0.1, 0.15) is 29.8 Å². The summed E-state index contributed by atoms with van der Waals surface area (Å²) in [5.41, 5.74) is 2.23. The predicted molar refractivity (Wildman–Crippen MR) is 75.4 cm³/mol. The summed E-state index contributed by atoms with van der Waals surface area (Å²) in [4.78, 5) is 15.0. The van der Waals surface area contributed by atoms with E-state index < -0.39 is 0 Å². The number of likely N-dealkylation sites (N-methyl/N-ethyl adjacent to an activating group) is 1. The molecule has 0 aliphatic carbocycles. The first-order chi connectivity index (χ1) is 9.74. The van der Waals surface area contributed by atoms with E-state index in [2.05, 4.69) is 16.4 Å². The molecule has 2 N–H and O–H groups in total. The van der Waals surface area contributed by atoms with Gasteiger partial charge in [-0.25, -0.2) is 0 Å². The van der Waals surface area contributed by atoms with Crippen LogP contribution in [0.3, 0.4) is 0 Å². The van der Waals surface area contributed by atoms with E-state index in [1.807, 2.05) is 13.0 Å². The molecule has 102 valence electrons. The van der Waals surface area contributed by atoms with E-state index in [1.165, 1.54) is 0 Å². The average molecular weight is 269 g/mol. The van der Waals surface area contributed by atoms with Crippen molar-refractivity contribution in [2.45, 2.75) is 19.6 Å². The lowest BCUT2D eigenvalue weighted by Crippen LogP contribution is -2.32. The monoisotopic (exact) mass is 269 g/mol. The summed E-state index contributed by atoms with van der Waals surface area (Å²) in [6, 6.07) is 7.39. The molecule has 2 heterocycles. The van der Waals surface area contributed by atoms with Crippen molar-refractivity contribution in [2.24, 2.45) is 0 Å². The Kier molecular flexibility index (Phi) is 3.26. The number of nitrogens with zero attached hydrogens (tertiary/aromatic N) is 1. The smallest absolute Gasteiger partial charge is 0.256 e. The summed E-state index contributed by atoms with van der Waals surface area (Å²) in [6.45, 7) is 3.87. The summed E-state index contributed by atoms with van der Waals surface area (Å²) in [5.74, 6) is 0. The lowest BCUT2D eigenvalue weighted by atomic mass is 9.95. The fraction of sp³-hybridized carbons (Fsp3) is 0.333. The van der Waals surface area contributed by atoms with Gasteiger partial charge in [0.15, 0.2) is 0 Å². The first-order valence-electron chi connectivity index (χ1n) is 6.64. The Morgan fingerprint density at radius 1 is 1.50 bits per heavy atom. The molecule has 1 aliphatic heterocycles. The Labute approximate surface area is 116 Å². The fourth-order valence-electron chi connectivity index (χ4n) is 2.75. The molecule has 5 nitrogen and oxygen atoms in total.